The molecule has 0 unspecified atom stereocenters. The van der Waals surface area contributed by atoms with Gasteiger partial charge in [0.1, 0.15) is 0 Å². The fourth-order valence-corrected chi connectivity index (χ4v) is 3.53. The lowest BCUT2D eigenvalue weighted by Gasteiger charge is -2.21. The number of Topliss-reactive ketones (excluding diaryl/α,β-unsaturated/α-hetero) is 1. The largest absolute Gasteiger partial charge is 0.339 e. The van der Waals surface area contributed by atoms with Crippen LogP contribution in [0.2, 0.25) is 0 Å². The highest BCUT2D eigenvalue weighted by Crippen LogP contribution is 2.32. The normalized spacial score (nSPS) is 20.0. The minimum absolute atomic E-state index is 0.0246. The molecule has 1 aliphatic rings. The molecule has 25 heavy (non-hydrogen) atoms. The van der Waals surface area contributed by atoms with E-state index in [-0.39, 0.29) is 30.6 Å². The van der Waals surface area contributed by atoms with Crippen LogP contribution in [-0.4, -0.2) is 39.0 Å². The number of amides is 1. The molecule has 5 nitrogen and oxygen atoms in total. The number of likely N-dealkylation sites (tertiary alicyclic amines) is 1. The summed E-state index contributed by atoms with van der Waals surface area (Å²) >= 11 is 0. The predicted molar refractivity (Wildman–Crippen MR) is 96.5 cm³/mol. The average Bonchev–Trinajstić information content (AvgIpc) is 3.19. The Labute approximate surface area is 148 Å². The van der Waals surface area contributed by atoms with E-state index in [0.29, 0.717) is 11.5 Å². The highest BCUT2D eigenvalue weighted by atomic mass is 16.2. The lowest BCUT2D eigenvalue weighted by atomic mass is 9.96. The molecular weight excluding hydrogens is 314 g/mol. The van der Waals surface area contributed by atoms with E-state index in [1.807, 2.05) is 4.90 Å². The summed E-state index contributed by atoms with van der Waals surface area (Å²) in [4.78, 5) is 26.7. The summed E-state index contributed by atoms with van der Waals surface area (Å²) in [5, 5.41) is 4.00. The molecule has 0 spiro atoms. The summed E-state index contributed by atoms with van der Waals surface area (Å²) in [6.45, 7) is 4.91. The Bertz CT molecular complexity index is 764. The van der Waals surface area contributed by atoms with Crippen molar-refractivity contribution in [1.29, 1.82) is 0 Å². The zero-order valence-corrected chi connectivity index (χ0v) is 15.1. The van der Waals surface area contributed by atoms with Crippen LogP contribution in [0.15, 0.2) is 36.7 Å². The van der Waals surface area contributed by atoms with Crippen molar-refractivity contribution in [2.24, 2.45) is 7.05 Å². The second kappa shape index (κ2) is 7.21. The van der Waals surface area contributed by atoms with Crippen LogP contribution in [0.4, 0.5) is 0 Å². The lowest BCUT2D eigenvalue weighted by Crippen LogP contribution is -2.34. The van der Waals surface area contributed by atoms with Crippen LogP contribution >= 0.6 is 0 Å². The van der Waals surface area contributed by atoms with Gasteiger partial charge in [-0.2, -0.15) is 5.10 Å². The van der Waals surface area contributed by atoms with Gasteiger partial charge in [-0.15, -0.1) is 0 Å². The number of benzene rings is 1. The molecule has 0 N–H and O–H groups in total. The van der Waals surface area contributed by atoms with E-state index >= 15 is 0 Å². The maximum atomic E-state index is 12.6. The Hall–Kier alpha value is -2.43. The predicted octanol–water partition coefficient (Wildman–Crippen LogP) is 3.10. The second-order valence-electron chi connectivity index (χ2n) is 7.06. The molecule has 1 saturated heterocycles. The fourth-order valence-electron chi connectivity index (χ4n) is 3.53. The second-order valence-corrected chi connectivity index (χ2v) is 7.06. The van der Waals surface area contributed by atoms with E-state index in [9.17, 15) is 9.59 Å². The van der Waals surface area contributed by atoms with Crippen molar-refractivity contribution >= 4 is 11.7 Å². The van der Waals surface area contributed by atoms with Gasteiger partial charge in [0.25, 0.3) is 0 Å². The number of rotatable bonds is 5. The number of hydrogen-bond acceptors (Lipinski definition) is 3. The summed E-state index contributed by atoms with van der Waals surface area (Å²) in [6, 6.07) is 8.78. The molecule has 2 aromatic rings. The van der Waals surface area contributed by atoms with Gasteiger partial charge >= 0.3 is 0 Å². The van der Waals surface area contributed by atoms with E-state index in [4.69, 9.17) is 0 Å². The maximum Gasteiger partial charge on any atom is 0.223 e. The van der Waals surface area contributed by atoms with Gasteiger partial charge in [0.05, 0.1) is 11.8 Å². The monoisotopic (exact) mass is 339 g/mol. The molecule has 132 valence electrons. The molecule has 5 heteroatoms. The zero-order chi connectivity index (χ0) is 18.0. The van der Waals surface area contributed by atoms with Crippen molar-refractivity contribution in [2.45, 2.75) is 45.1 Å². The van der Waals surface area contributed by atoms with Gasteiger partial charge in [-0.05, 0) is 25.8 Å². The number of aryl methyl sites for hydroxylation is 2. The summed E-state index contributed by atoms with van der Waals surface area (Å²) in [5.74, 6) is 0.427. The van der Waals surface area contributed by atoms with Crippen LogP contribution in [0.5, 0.6) is 0 Å². The van der Waals surface area contributed by atoms with Gasteiger partial charge in [-0.1, -0.05) is 29.8 Å². The molecule has 1 amide bonds. The summed E-state index contributed by atoms with van der Waals surface area (Å²) in [7, 11) is 1.78. The average molecular weight is 339 g/mol. The number of aromatic nitrogens is 2. The van der Waals surface area contributed by atoms with Crippen molar-refractivity contribution in [1.82, 2.24) is 14.7 Å². The first-order valence-electron chi connectivity index (χ1n) is 8.82. The van der Waals surface area contributed by atoms with Gasteiger partial charge in [-0.25, -0.2) is 0 Å². The molecule has 1 fully saturated rings. The van der Waals surface area contributed by atoms with E-state index in [0.717, 1.165) is 13.0 Å². The number of hydrogen-bond donors (Lipinski definition) is 0. The van der Waals surface area contributed by atoms with Crippen molar-refractivity contribution in [3.8, 4) is 0 Å². The Morgan fingerprint density at radius 2 is 1.92 bits per heavy atom. The SMILES string of the molecule is Cc1ccc([C@@H]2C[C@H](C)N(C(=O)CCC(=O)c3cnn(C)c3)C2)cc1. The molecular formula is C20H25N3O2. The zero-order valence-electron chi connectivity index (χ0n) is 15.1. The smallest absolute Gasteiger partial charge is 0.223 e. The molecule has 1 aliphatic heterocycles. The Morgan fingerprint density at radius 3 is 2.56 bits per heavy atom. The Kier molecular flexibility index (Phi) is 5.02. The highest BCUT2D eigenvalue weighted by molar-refractivity contribution is 5.97. The molecule has 0 aliphatic carbocycles. The van der Waals surface area contributed by atoms with Gasteiger partial charge in [0.15, 0.2) is 5.78 Å². The molecule has 1 aromatic carbocycles. The van der Waals surface area contributed by atoms with E-state index < -0.39 is 0 Å². The first-order valence-corrected chi connectivity index (χ1v) is 8.82. The van der Waals surface area contributed by atoms with Crippen LogP contribution in [-0.2, 0) is 11.8 Å². The number of ketones is 1. The van der Waals surface area contributed by atoms with Crippen molar-refractivity contribution < 1.29 is 9.59 Å². The van der Waals surface area contributed by atoms with Crippen LogP contribution in [0, 0.1) is 6.92 Å². The molecule has 1 aromatic heterocycles. The van der Waals surface area contributed by atoms with Crippen LogP contribution in [0.1, 0.15) is 53.6 Å². The van der Waals surface area contributed by atoms with Crippen molar-refractivity contribution in [2.75, 3.05) is 6.54 Å². The molecule has 2 atom stereocenters. The first-order chi connectivity index (χ1) is 11.9. The minimum atomic E-state index is -0.0246. The van der Waals surface area contributed by atoms with Crippen LogP contribution < -0.4 is 0 Å². The lowest BCUT2D eigenvalue weighted by molar-refractivity contribution is -0.131. The summed E-state index contributed by atoms with van der Waals surface area (Å²) in [5.41, 5.74) is 3.11. The molecule has 2 heterocycles. The first kappa shape index (κ1) is 17.4. The molecule has 0 radical (unpaired) electrons. The van der Waals surface area contributed by atoms with Crippen LogP contribution in [0.25, 0.3) is 0 Å². The highest BCUT2D eigenvalue weighted by Gasteiger charge is 2.33. The minimum Gasteiger partial charge on any atom is -0.339 e. The van der Waals surface area contributed by atoms with Gasteiger partial charge in [0.2, 0.25) is 5.91 Å². The van der Waals surface area contributed by atoms with E-state index in [1.165, 1.54) is 11.1 Å². The number of carbonyl (C=O) groups is 2. The number of carbonyl (C=O) groups excluding carboxylic acids is 2. The van der Waals surface area contributed by atoms with Gasteiger partial charge in [0, 0.05) is 44.6 Å². The Balaban J connectivity index is 1.57. The molecule has 0 saturated carbocycles. The van der Waals surface area contributed by atoms with Crippen molar-refractivity contribution in [3.63, 3.8) is 0 Å². The number of nitrogens with zero attached hydrogens (tertiary/aromatic N) is 3. The van der Waals surface area contributed by atoms with Crippen LogP contribution in [0.3, 0.4) is 0 Å². The van der Waals surface area contributed by atoms with Gasteiger partial charge < -0.3 is 4.90 Å². The van der Waals surface area contributed by atoms with E-state index in [2.05, 4.69) is 43.2 Å². The Morgan fingerprint density at radius 1 is 1.20 bits per heavy atom. The third kappa shape index (κ3) is 3.98. The third-order valence-electron chi connectivity index (χ3n) is 5.04. The third-order valence-corrected chi connectivity index (χ3v) is 5.04. The summed E-state index contributed by atoms with van der Waals surface area (Å²) < 4.78 is 1.60. The molecule has 3 rings (SSSR count). The maximum absolute atomic E-state index is 12.6. The topological polar surface area (TPSA) is 55.2 Å². The molecule has 0 bridgehead atoms. The van der Waals surface area contributed by atoms with Gasteiger partial charge in [-0.3, -0.25) is 14.3 Å². The standard InChI is InChI=1S/C20H25N3O2/c1-14-4-6-16(7-5-14)17-10-15(2)23(13-17)20(25)9-8-19(24)18-11-21-22(3)12-18/h4-7,11-12,15,17H,8-10,13H2,1-3H3/t15-,17+/m0/s1. The quantitative estimate of drug-likeness (QED) is 0.787. The summed E-state index contributed by atoms with van der Waals surface area (Å²) in [6.07, 6.45) is 4.73. The van der Waals surface area contributed by atoms with Crippen molar-refractivity contribution in [3.05, 3.63) is 53.3 Å². The van der Waals surface area contributed by atoms with E-state index in [1.54, 1.807) is 24.1 Å². The fraction of sp³-hybridized carbons (Fsp3) is 0.450.